The number of nitrogens with two attached hydrogens (primary N) is 1. The molecular formula is C22H43N3O4. The Morgan fingerprint density at radius 2 is 1.66 bits per heavy atom. The number of ketones is 1. The van der Waals surface area contributed by atoms with Crippen molar-refractivity contribution in [3.8, 4) is 0 Å². The van der Waals surface area contributed by atoms with Crippen LogP contribution < -0.4 is 16.4 Å². The Bertz CT molecular complexity index is 538. The lowest BCUT2D eigenvalue weighted by molar-refractivity contribution is -0.138. The molecule has 0 bridgehead atoms. The van der Waals surface area contributed by atoms with Gasteiger partial charge in [-0.2, -0.15) is 0 Å². The van der Waals surface area contributed by atoms with Crippen LogP contribution in [0.5, 0.6) is 0 Å². The first-order valence-electron chi connectivity index (χ1n) is 10.9. The third kappa shape index (κ3) is 10.8. The van der Waals surface area contributed by atoms with Crippen molar-refractivity contribution in [1.82, 2.24) is 10.6 Å². The van der Waals surface area contributed by atoms with Crippen LogP contribution >= 0.6 is 0 Å². The second kappa shape index (κ2) is 13.0. The van der Waals surface area contributed by atoms with Gasteiger partial charge in [0, 0.05) is 12.5 Å². The molecule has 0 fully saturated rings. The van der Waals surface area contributed by atoms with Crippen LogP contribution in [-0.2, 0) is 14.4 Å². The van der Waals surface area contributed by atoms with Crippen LogP contribution in [0.1, 0.15) is 87.0 Å². The van der Waals surface area contributed by atoms with Crippen molar-refractivity contribution in [3.63, 3.8) is 0 Å². The molecule has 0 aliphatic rings. The zero-order valence-corrected chi connectivity index (χ0v) is 19.4. The van der Waals surface area contributed by atoms with Crippen molar-refractivity contribution in [3.05, 3.63) is 0 Å². The minimum atomic E-state index is -1.11. The second-order valence-corrected chi connectivity index (χ2v) is 9.24. The summed E-state index contributed by atoms with van der Waals surface area (Å²) in [6.07, 6.45) is 3.56. The molecule has 1 amide bonds. The van der Waals surface area contributed by atoms with Gasteiger partial charge in [-0.05, 0) is 58.3 Å². The number of Topliss-reactive ketones (excluding diaryl/α,β-unsaturated/α-hetero) is 1. The van der Waals surface area contributed by atoms with E-state index < -0.39 is 23.6 Å². The normalized spacial score (nSPS) is 17.8. The van der Waals surface area contributed by atoms with Crippen molar-refractivity contribution in [1.29, 1.82) is 0 Å². The molecule has 0 radical (unpaired) electrons. The van der Waals surface area contributed by atoms with E-state index in [1.165, 1.54) is 0 Å². The summed E-state index contributed by atoms with van der Waals surface area (Å²) in [5, 5.41) is 15.2. The van der Waals surface area contributed by atoms with Crippen molar-refractivity contribution >= 4 is 17.7 Å². The van der Waals surface area contributed by atoms with Gasteiger partial charge in [-0.3, -0.25) is 19.7 Å². The van der Waals surface area contributed by atoms with Gasteiger partial charge in [0.1, 0.15) is 6.04 Å². The molecule has 0 aliphatic carbocycles. The molecule has 7 nitrogen and oxygen atoms in total. The highest BCUT2D eigenvalue weighted by Crippen LogP contribution is 2.25. The van der Waals surface area contributed by atoms with E-state index >= 15 is 0 Å². The predicted octanol–water partition coefficient (Wildman–Crippen LogP) is 2.86. The van der Waals surface area contributed by atoms with E-state index in [1.807, 2.05) is 13.8 Å². The summed E-state index contributed by atoms with van der Waals surface area (Å²) in [5.74, 6) is -0.577. The summed E-state index contributed by atoms with van der Waals surface area (Å²) >= 11 is 0. The van der Waals surface area contributed by atoms with Crippen molar-refractivity contribution < 1.29 is 19.5 Å². The van der Waals surface area contributed by atoms with Gasteiger partial charge < -0.3 is 16.2 Å². The van der Waals surface area contributed by atoms with Crippen LogP contribution in [0.2, 0.25) is 0 Å². The number of carbonyl (C=O) groups excluding carboxylic acids is 2. The van der Waals surface area contributed by atoms with Crippen LogP contribution in [0.4, 0.5) is 0 Å². The zero-order chi connectivity index (χ0) is 22.8. The maximum Gasteiger partial charge on any atom is 0.320 e. The fourth-order valence-electron chi connectivity index (χ4n) is 3.94. The van der Waals surface area contributed by atoms with Gasteiger partial charge >= 0.3 is 5.97 Å². The molecule has 5 unspecified atom stereocenters. The van der Waals surface area contributed by atoms with E-state index in [0.717, 1.165) is 19.3 Å². The van der Waals surface area contributed by atoms with E-state index in [4.69, 9.17) is 10.8 Å². The second-order valence-electron chi connectivity index (χ2n) is 9.24. The molecule has 0 spiro atoms. The van der Waals surface area contributed by atoms with Crippen molar-refractivity contribution in [2.75, 3.05) is 0 Å². The smallest absolute Gasteiger partial charge is 0.320 e. The van der Waals surface area contributed by atoms with Gasteiger partial charge in [-0.1, -0.05) is 34.1 Å². The number of aliphatic carboxylic acids is 1. The summed E-state index contributed by atoms with van der Waals surface area (Å²) in [6.45, 7) is 14.0. The largest absolute Gasteiger partial charge is 0.480 e. The van der Waals surface area contributed by atoms with Gasteiger partial charge in [0.25, 0.3) is 0 Å². The lowest BCUT2D eigenvalue weighted by Gasteiger charge is -2.35. The first-order chi connectivity index (χ1) is 13.3. The zero-order valence-electron chi connectivity index (χ0n) is 19.4. The lowest BCUT2D eigenvalue weighted by Crippen LogP contribution is -2.58. The lowest BCUT2D eigenvalue weighted by atomic mass is 9.80. The number of nitrogens with one attached hydrogen (secondary N) is 2. The monoisotopic (exact) mass is 413 g/mol. The summed E-state index contributed by atoms with van der Waals surface area (Å²) in [5.41, 5.74) is 4.65. The highest BCUT2D eigenvalue weighted by molar-refractivity contribution is 5.90. The summed E-state index contributed by atoms with van der Waals surface area (Å²) in [4.78, 5) is 36.6. The van der Waals surface area contributed by atoms with Gasteiger partial charge in [0.05, 0.1) is 11.6 Å². The minimum Gasteiger partial charge on any atom is -0.480 e. The topological polar surface area (TPSA) is 122 Å². The molecule has 0 saturated carbocycles. The third-order valence-electron chi connectivity index (χ3n) is 5.28. The van der Waals surface area contributed by atoms with E-state index in [-0.39, 0.29) is 36.5 Å². The molecule has 5 N–H and O–H groups in total. The summed E-state index contributed by atoms with van der Waals surface area (Å²) in [7, 11) is 0. The summed E-state index contributed by atoms with van der Waals surface area (Å²) in [6, 6.07) is -1.53. The maximum atomic E-state index is 13.1. The fraction of sp³-hybridized carbons (Fsp3) is 0.864. The molecule has 0 aromatic carbocycles. The molecule has 170 valence electrons. The number of carbonyl (C=O) groups is 3. The van der Waals surface area contributed by atoms with Crippen LogP contribution in [0.15, 0.2) is 0 Å². The molecule has 0 saturated heterocycles. The quantitative estimate of drug-likeness (QED) is 0.327. The van der Waals surface area contributed by atoms with Gasteiger partial charge in [0.15, 0.2) is 5.78 Å². The number of amides is 1. The van der Waals surface area contributed by atoms with E-state index in [9.17, 15) is 14.4 Å². The molecule has 0 aromatic heterocycles. The molecule has 0 heterocycles. The SMILES string of the molecule is CCCC(C)NC(=O)C(C)NC(C)(CC(C)CC(C)C)C(=O)CCC(N)C(=O)O. The first-order valence-corrected chi connectivity index (χ1v) is 10.9. The Kier molecular flexibility index (Phi) is 12.3. The maximum absolute atomic E-state index is 13.1. The number of rotatable bonds is 15. The molecule has 0 rings (SSSR count). The molecule has 29 heavy (non-hydrogen) atoms. The molecule has 0 aliphatic heterocycles. The Labute approximate surface area is 176 Å². The standard InChI is InChI=1S/C22H43N3O4/c1-8-9-16(5)24-20(27)17(6)25-22(7,13-15(4)12-14(2)3)19(26)11-10-18(23)21(28)29/h14-18,25H,8-13,23H2,1-7H3,(H,24,27)(H,28,29). The van der Waals surface area contributed by atoms with Gasteiger partial charge in [0.2, 0.25) is 5.91 Å². The number of carboxylic acid groups (broad SMARTS) is 1. The van der Waals surface area contributed by atoms with Crippen molar-refractivity contribution in [2.24, 2.45) is 17.6 Å². The Morgan fingerprint density at radius 1 is 1.07 bits per heavy atom. The highest BCUT2D eigenvalue weighted by atomic mass is 16.4. The fourth-order valence-corrected chi connectivity index (χ4v) is 3.94. The number of carboxylic acids is 1. The Morgan fingerprint density at radius 3 is 2.14 bits per heavy atom. The minimum absolute atomic E-state index is 0.0615. The van der Waals surface area contributed by atoms with Crippen LogP contribution in [0.3, 0.4) is 0 Å². The number of hydrogen-bond acceptors (Lipinski definition) is 5. The first kappa shape index (κ1) is 27.5. The van der Waals surface area contributed by atoms with E-state index in [1.54, 1.807) is 6.92 Å². The molecule has 5 atom stereocenters. The predicted molar refractivity (Wildman–Crippen MR) is 117 cm³/mol. The molecule has 0 aromatic rings. The van der Waals surface area contributed by atoms with Crippen LogP contribution in [0.25, 0.3) is 0 Å². The average Bonchev–Trinajstić information content (AvgIpc) is 2.57. The highest BCUT2D eigenvalue weighted by Gasteiger charge is 2.37. The van der Waals surface area contributed by atoms with Crippen LogP contribution in [-0.4, -0.2) is 46.4 Å². The van der Waals surface area contributed by atoms with Crippen molar-refractivity contribution in [2.45, 2.75) is 111 Å². The van der Waals surface area contributed by atoms with Crippen LogP contribution in [0, 0.1) is 11.8 Å². The van der Waals surface area contributed by atoms with E-state index in [2.05, 4.69) is 38.3 Å². The number of hydrogen-bond donors (Lipinski definition) is 4. The van der Waals surface area contributed by atoms with E-state index in [0.29, 0.717) is 12.3 Å². The average molecular weight is 414 g/mol. The van der Waals surface area contributed by atoms with Gasteiger partial charge in [-0.15, -0.1) is 0 Å². The Hall–Kier alpha value is -1.47. The third-order valence-corrected chi connectivity index (χ3v) is 5.28. The molecule has 7 heteroatoms. The van der Waals surface area contributed by atoms with Gasteiger partial charge in [-0.25, -0.2) is 0 Å². The Balaban J connectivity index is 5.26. The summed E-state index contributed by atoms with van der Waals surface area (Å²) < 4.78 is 0. The molecular weight excluding hydrogens is 370 g/mol.